The molecule has 0 unspecified atom stereocenters. The third-order valence-corrected chi connectivity index (χ3v) is 5.98. The minimum atomic E-state index is -0.523. The number of rotatable bonds is 8. The Balaban J connectivity index is 1.83. The van der Waals surface area contributed by atoms with Gasteiger partial charge >= 0.3 is 0 Å². The van der Waals surface area contributed by atoms with Crippen LogP contribution in [0.25, 0.3) is 0 Å². The fraction of sp³-hybridized carbons (Fsp3) is 0.435. The fourth-order valence-electron chi connectivity index (χ4n) is 4.22. The van der Waals surface area contributed by atoms with Gasteiger partial charge in [-0.1, -0.05) is 60.7 Å². The second-order valence-electron chi connectivity index (χ2n) is 7.45. The zero-order valence-corrected chi connectivity index (χ0v) is 16.5. The van der Waals surface area contributed by atoms with Crippen molar-refractivity contribution in [2.75, 3.05) is 13.1 Å². The minimum absolute atomic E-state index is 0.0988. The SMILES string of the molecule is CCN(CC)C(=O)[C@@]1(c2ccccc2)C[C@H]1[C@H](C)N(O)Cc1ccccc1. The number of benzene rings is 2. The number of hydrogen-bond acceptors (Lipinski definition) is 3. The molecule has 2 aromatic rings. The molecular weight excluding hydrogens is 336 g/mol. The molecule has 0 heterocycles. The van der Waals surface area contributed by atoms with E-state index in [0.29, 0.717) is 19.6 Å². The van der Waals surface area contributed by atoms with Crippen LogP contribution >= 0.6 is 0 Å². The maximum Gasteiger partial charge on any atom is 0.233 e. The first-order valence-electron chi connectivity index (χ1n) is 9.88. The number of hydroxylamine groups is 2. The molecule has 0 spiro atoms. The van der Waals surface area contributed by atoms with Crippen LogP contribution in [0.5, 0.6) is 0 Å². The van der Waals surface area contributed by atoms with E-state index in [2.05, 4.69) is 0 Å². The smallest absolute Gasteiger partial charge is 0.233 e. The van der Waals surface area contributed by atoms with Crippen molar-refractivity contribution in [3.05, 3.63) is 71.8 Å². The monoisotopic (exact) mass is 366 g/mol. The molecule has 4 nitrogen and oxygen atoms in total. The number of amides is 1. The Kier molecular flexibility index (Phi) is 5.98. The van der Waals surface area contributed by atoms with Gasteiger partial charge in [0.25, 0.3) is 0 Å². The molecule has 144 valence electrons. The van der Waals surface area contributed by atoms with E-state index in [0.717, 1.165) is 17.5 Å². The summed E-state index contributed by atoms with van der Waals surface area (Å²) in [6.07, 6.45) is 0.777. The summed E-state index contributed by atoms with van der Waals surface area (Å²) in [5, 5.41) is 12.1. The molecule has 0 radical (unpaired) electrons. The molecule has 1 aliphatic carbocycles. The van der Waals surface area contributed by atoms with Gasteiger partial charge in [0.2, 0.25) is 5.91 Å². The number of carbonyl (C=O) groups excluding carboxylic acids is 1. The number of likely N-dealkylation sites (N-methyl/N-ethyl adjacent to an activating group) is 1. The molecule has 1 aliphatic rings. The standard InChI is InChI=1S/C23H30N2O2/c1-4-24(5-2)22(26)23(20-14-10-7-11-15-20)16-21(23)18(3)25(27)17-19-12-8-6-9-13-19/h6-15,18,21,27H,4-5,16-17H2,1-3H3/t18-,21-,23+/m0/s1. The summed E-state index contributed by atoms with van der Waals surface area (Å²) in [5.74, 6) is 0.283. The highest BCUT2D eigenvalue weighted by Crippen LogP contribution is 2.58. The summed E-state index contributed by atoms with van der Waals surface area (Å²) in [4.78, 5) is 15.3. The molecule has 1 fully saturated rings. The van der Waals surface area contributed by atoms with Crippen LogP contribution < -0.4 is 0 Å². The molecule has 3 rings (SSSR count). The van der Waals surface area contributed by atoms with E-state index < -0.39 is 5.41 Å². The Morgan fingerprint density at radius 2 is 1.63 bits per heavy atom. The van der Waals surface area contributed by atoms with Crippen LogP contribution in [0.15, 0.2) is 60.7 Å². The van der Waals surface area contributed by atoms with Crippen LogP contribution in [0, 0.1) is 5.92 Å². The lowest BCUT2D eigenvalue weighted by Gasteiger charge is -2.30. The van der Waals surface area contributed by atoms with Crippen molar-refractivity contribution in [1.82, 2.24) is 9.96 Å². The lowest BCUT2D eigenvalue weighted by atomic mass is 9.89. The van der Waals surface area contributed by atoms with Crippen molar-refractivity contribution >= 4 is 5.91 Å². The summed E-state index contributed by atoms with van der Waals surface area (Å²) >= 11 is 0. The normalized spacial score (nSPS) is 22.5. The first kappa shape index (κ1) is 19.6. The van der Waals surface area contributed by atoms with Crippen molar-refractivity contribution in [3.8, 4) is 0 Å². The summed E-state index contributed by atoms with van der Waals surface area (Å²) in [6.45, 7) is 7.94. The van der Waals surface area contributed by atoms with Crippen molar-refractivity contribution in [2.24, 2.45) is 5.92 Å². The molecule has 1 amide bonds. The van der Waals surface area contributed by atoms with Gasteiger partial charge in [0, 0.05) is 25.7 Å². The van der Waals surface area contributed by atoms with Gasteiger partial charge in [-0.2, -0.15) is 5.06 Å². The van der Waals surface area contributed by atoms with Crippen molar-refractivity contribution in [3.63, 3.8) is 0 Å². The largest absolute Gasteiger partial charge is 0.342 e. The Morgan fingerprint density at radius 3 is 2.19 bits per heavy atom. The first-order valence-corrected chi connectivity index (χ1v) is 9.88. The minimum Gasteiger partial charge on any atom is -0.342 e. The third kappa shape index (κ3) is 3.78. The van der Waals surface area contributed by atoms with E-state index in [1.165, 1.54) is 5.06 Å². The van der Waals surface area contributed by atoms with Gasteiger partial charge in [-0.15, -0.1) is 0 Å². The van der Waals surface area contributed by atoms with Gasteiger partial charge in [0.1, 0.15) is 0 Å². The zero-order valence-electron chi connectivity index (χ0n) is 16.5. The van der Waals surface area contributed by atoms with E-state index >= 15 is 0 Å². The van der Waals surface area contributed by atoms with Crippen LogP contribution in [-0.2, 0) is 16.8 Å². The molecule has 3 atom stereocenters. The van der Waals surface area contributed by atoms with E-state index in [4.69, 9.17) is 0 Å². The predicted octanol–water partition coefficient (Wildman–Crippen LogP) is 4.09. The van der Waals surface area contributed by atoms with Gasteiger partial charge in [-0.05, 0) is 44.2 Å². The highest BCUT2D eigenvalue weighted by Gasteiger charge is 2.64. The Labute approximate surface area is 162 Å². The summed E-state index contributed by atoms with van der Waals surface area (Å²) in [5.41, 5.74) is 1.60. The van der Waals surface area contributed by atoms with Crippen molar-refractivity contribution in [1.29, 1.82) is 0 Å². The molecule has 0 saturated heterocycles. The second-order valence-corrected chi connectivity index (χ2v) is 7.45. The molecular formula is C23H30N2O2. The lowest BCUT2D eigenvalue weighted by Crippen LogP contribution is -2.43. The topological polar surface area (TPSA) is 43.8 Å². The lowest BCUT2D eigenvalue weighted by molar-refractivity contribution is -0.143. The van der Waals surface area contributed by atoms with E-state index in [9.17, 15) is 10.0 Å². The van der Waals surface area contributed by atoms with Crippen molar-refractivity contribution in [2.45, 2.75) is 45.2 Å². The summed E-state index contributed by atoms with van der Waals surface area (Å²) in [7, 11) is 0. The Hall–Kier alpha value is -2.17. The van der Waals surface area contributed by atoms with Gasteiger partial charge in [-0.25, -0.2) is 0 Å². The van der Waals surface area contributed by atoms with Crippen LogP contribution in [-0.4, -0.2) is 40.2 Å². The van der Waals surface area contributed by atoms with Crippen molar-refractivity contribution < 1.29 is 10.0 Å². The van der Waals surface area contributed by atoms with Crippen LogP contribution in [0.3, 0.4) is 0 Å². The molecule has 27 heavy (non-hydrogen) atoms. The Bertz CT molecular complexity index is 745. The second kappa shape index (κ2) is 8.24. The van der Waals surface area contributed by atoms with E-state index in [1.54, 1.807) is 0 Å². The quantitative estimate of drug-likeness (QED) is 0.716. The number of carbonyl (C=O) groups is 1. The van der Waals surface area contributed by atoms with Crippen LogP contribution in [0.1, 0.15) is 38.3 Å². The Morgan fingerprint density at radius 1 is 1.07 bits per heavy atom. The predicted molar refractivity (Wildman–Crippen MR) is 107 cm³/mol. The average Bonchev–Trinajstić information content (AvgIpc) is 3.46. The van der Waals surface area contributed by atoms with Gasteiger partial charge in [-0.3, -0.25) is 4.79 Å². The maximum absolute atomic E-state index is 13.4. The van der Waals surface area contributed by atoms with E-state index in [1.807, 2.05) is 86.3 Å². The fourth-order valence-corrected chi connectivity index (χ4v) is 4.22. The number of nitrogens with zero attached hydrogens (tertiary/aromatic N) is 2. The first-order chi connectivity index (χ1) is 13.0. The zero-order chi connectivity index (χ0) is 19.4. The average molecular weight is 367 g/mol. The molecule has 0 aromatic heterocycles. The molecule has 1 N–H and O–H groups in total. The summed E-state index contributed by atoms with van der Waals surface area (Å²) < 4.78 is 0. The third-order valence-electron chi connectivity index (χ3n) is 5.98. The highest BCUT2D eigenvalue weighted by molar-refractivity contribution is 5.92. The highest BCUT2D eigenvalue weighted by atomic mass is 16.5. The summed E-state index contributed by atoms with van der Waals surface area (Å²) in [6, 6.07) is 19.9. The molecule has 2 aromatic carbocycles. The van der Waals surface area contributed by atoms with Gasteiger partial charge < -0.3 is 10.1 Å². The van der Waals surface area contributed by atoms with E-state index in [-0.39, 0.29) is 17.9 Å². The van der Waals surface area contributed by atoms with Crippen LogP contribution in [0.4, 0.5) is 0 Å². The maximum atomic E-state index is 13.4. The molecule has 1 saturated carbocycles. The van der Waals surface area contributed by atoms with Crippen LogP contribution in [0.2, 0.25) is 0 Å². The molecule has 0 bridgehead atoms. The molecule has 0 aliphatic heterocycles. The molecule has 4 heteroatoms. The van der Waals surface area contributed by atoms with Gasteiger partial charge in [0.05, 0.1) is 5.41 Å². The number of hydrogen-bond donors (Lipinski definition) is 1. The van der Waals surface area contributed by atoms with Gasteiger partial charge in [0.15, 0.2) is 0 Å².